The van der Waals surface area contributed by atoms with Crippen LogP contribution in [0.15, 0.2) is 24.4 Å². The molecule has 0 spiro atoms. The lowest BCUT2D eigenvalue weighted by atomic mass is 10.1. The first-order valence-corrected chi connectivity index (χ1v) is 7.88. The molecule has 3 N–H and O–H groups in total. The molecule has 0 radical (unpaired) electrons. The van der Waals surface area contributed by atoms with Crippen LogP contribution in [0.5, 0.6) is 0 Å². The summed E-state index contributed by atoms with van der Waals surface area (Å²) in [6, 6.07) is 5.98. The molecule has 0 aromatic carbocycles. The highest BCUT2D eigenvalue weighted by atomic mass is 35.5. The number of piperazine rings is 1. The molecule has 2 rings (SSSR count). The summed E-state index contributed by atoms with van der Waals surface area (Å²) in [5.74, 6) is 1.11. The van der Waals surface area contributed by atoms with E-state index in [9.17, 15) is 4.79 Å². The zero-order chi connectivity index (χ0) is 16.0. The van der Waals surface area contributed by atoms with Crippen molar-refractivity contribution in [2.75, 3.05) is 44.2 Å². The van der Waals surface area contributed by atoms with Crippen molar-refractivity contribution < 1.29 is 4.79 Å². The van der Waals surface area contributed by atoms with Gasteiger partial charge in [-0.2, -0.15) is 0 Å². The molecule has 1 fully saturated rings. The first kappa shape index (κ1) is 22.9. The standard InChI is InChI=1S/C16H27N5O.2ClH/c1-16(2,17)13-19-15(22)6-8-20-9-11-21(12-10-20)14-5-3-4-7-18-14;;/h3-5,7H,6,8-13,17H2,1-2H3,(H,19,22);2*1H. The van der Waals surface area contributed by atoms with Gasteiger partial charge in [-0.05, 0) is 26.0 Å². The zero-order valence-electron chi connectivity index (χ0n) is 14.4. The summed E-state index contributed by atoms with van der Waals surface area (Å²) < 4.78 is 0. The minimum absolute atomic E-state index is 0. The van der Waals surface area contributed by atoms with Crippen LogP contribution in [0.1, 0.15) is 20.3 Å². The second kappa shape index (κ2) is 10.7. The molecule has 2 heterocycles. The average Bonchev–Trinajstić information content (AvgIpc) is 2.51. The molecule has 0 bridgehead atoms. The highest BCUT2D eigenvalue weighted by molar-refractivity contribution is 5.85. The number of halogens is 2. The summed E-state index contributed by atoms with van der Waals surface area (Å²) in [5.41, 5.74) is 5.50. The maximum absolute atomic E-state index is 11.8. The largest absolute Gasteiger partial charge is 0.354 e. The van der Waals surface area contributed by atoms with Gasteiger partial charge >= 0.3 is 0 Å². The van der Waals surface area contributed by atoms with Gasteiger partial charge in [0, 0.05) is 57.4 Å². The van der Waals surface area contributed by atoms with E-state index in [1.807, 2.05) is 38.2 Å². The number of hydrogen-bond acceptors (Lipinski definition) is 5. The number of anilines is 1. The van der Waals surface area contributed by atoms with Crippen molar-refractivity contribution in [3.8, 4) is 0 Å². The third-order valence-corrected chi connectivity index (χ3v) is 3.74. The Bertz CT molecular complexity index is 473. The van der Waals surface area contributed by atoms with Gasteiger partial charge < -0.3 is 16.0 Å². The van der Waals surface area contributed by atoms with Crippen molar-refractivity contribution in [3.05, 3.63) is 24.4 Å². The Hall–Kier alpha value is -1.08. The van der Waals surface area contributed by atoms with Crippen LogP contribution in [0, 0.1) is 0 Å². The van der Waals surface area contributed by atoms with Crippen molar-refractivity contribution in [2.24, 2.45) is 5.73 Å². The van der Waals surface area contributed by atoms with Crippen molar-refractivity contribution >= 4 is 36.5 Å². The minimum atomic E-state index is -0.357. The van der Waals surface area contributed by atoms with Crippen LogP contribution < -0.4 is 16.0 Å². The van der Waals surface area contributed by atoms with Gasteiger partial charge in [0.25, 0.3) is 0 Å². The second-order valence-corrected chi connectivity index (χ2v) is 6.53. The molecular formula is C16H29Cl2N5O. The van der Waals surface area contributed by atoms with Gasteiger partial charge in [-0.25, -0.2) is 4.98 Å². The number of carbonyl (C=O) groups excluding carboxylic acids is 1. The SMILES string of the molecule is CC(C)(N)CNC(=O)CCN1CCN(c2ccccn2)CC1.Cl.Cl. The Morgan fingerprint density at radius 1 is 1.25 bits per heavy atom. The lowest BCUT2D eigenvalue weighted by Crippen LogP contribution is -2.48. The van der Waals surface area contributed by atoms with E-state index in [4.69, 9.17) is 5.73 Å². The first-order valence-electron chi connectivity index (χ1n) is 7.88. The number of aromatic nitrogens is 1. The average molecular weight is 378 g/mol. The number of rotatable bonds is 6. The first-order chi connectivity index (χ1) is 10.4. The number of amides is 1. The lowest BCUT2D eigenvalue weighted by molar-refractivity contribution is -0.121. The highest BCUT2D eigenvalue weighted by Gasteiger charge is 2.18. The zero-order valence-corrected chi connectivity index (χ0v) is 16.0. The van der Waals surface area contributed by atoms with Crippen LogP contribution >= 0.6 is 24.8 Å². The molecule has 1 amide bonds. The predicted molar refractivity (Wildman–Crippen MR) is 103 cm³/mol. The van der Waals surface area contributed by atoms with Crippen LogP contribution in [0.3, 0.4) is 0 Å². The van der Waals surface area contributed by atoms with Gasteiger partial charge in [0.15, 0.2) is 0 Å². The van der Waals surface area contributed by atoms with Crippen molar-refractivity contribution in [1.82, 2.24) is 15.2 Å². The number of hydrogen-bond donors (Lipinski definition) is 2. The van der Waals surface area contributed by atoms with E-state index in [1.54, 1.807) is 0 Å². The molecule has 0 atom stereocenters. The Morgan fingerprint density at radius 2 is 1.92 bits per heavy atom. The molecule has 138 valence electrons. The maximum Gasteiger partial charge on any atom is 0.221 e. The lowest BCUT2D eigenvalue weighted by Gasteiger charge is -2.35. The van der Waals surface area contributed by atoms with Gasteiger partial charge in [-0.1, -0.05) is 6.07 Å². The second-order valence-electron chi connectivity index (χ2n) is 6.53. The molecule has 8 heteroatoms. The Kier molecular flexibility index (Phi) is 10.2. The molecule has 0 aliphatic carbocycles. The molecule has 1 aromatic rings. The van der Waals surface area contributed by atoms with E-state index in [-0.39, 0.29) is 36.3 Å². The summed E-state index contributed by atoms with van der Waals surface area (Å²) in [5, 5.41) is 2.89. The van der Waals surface area contributed by atoms with Crippen LogP contribution in [0.4, 0.5) is 5.82 Å². The van der Waals surface area contributed by atoms with Gasteiger partial charge in [0.2, 0.25) is 5.91 Å². The van der Waals surface area contributed by atoms with Crippen LogP contribution in [-0.4, -0.2) is 60.6 Å². The monoisotopic (exact) mass is 377 g/mol. The molecule has 6 nitrogen and oxygen atoms in total. The van der Waals surface area contributed by atoms with Crippen molar-refractivity contribution in [3.63, 3.8) is 0 Å². The van der Waals surface area contributed by atoms with E-state index in [1.165, 1.54) is 0 Å². The highest BCUT2D eigenvalue weighted by Crippen LogP contribution is 2.12. The minimum Gasteiger partial charge on any atom is -0.354 e. The summed E-state index contributed by atoms with van der Waals surface area (Å²) in [7, 11) is 0. The number of nitrogens with one attached hydrogen (secondary N) is 1. The van der Waals surface area contributed by atoms with E-state index < -0.39 is 0 Å². The molecule has 1 aliphatic heterocycles. The summed E-state index contributed by atoms with van der Waals surface area (Å²) in [6.45, 7) is 8.96. The molecular weight excluding hydrogens is 349 g/mol. The molecule has 1 aromatic heterocycles. The molecule has 1 saturated heterocycles. The van der Waals surface area contributed by atoms with Crippen LogP contribution in [0.2, 0.25) is 0 Å². The quantitative estimate of drug-likeness (QED) is 0.781. The van der Waals surface area contributed by atoms with E-state index in [0.717, 1.165) is 38.5 Å². The van der Waals surface area contributed by atoms with Crippen LogP contribution in [0.25, 0.3) is 0 Å². The molecule has 24 heavy (non-hydrogen) atoms. The Balaban J connectivity index is 0.00000264. The van der Waals surface area contributed by atoms with Gasteiger partial charge in [0.1, 0.15) is 5.82 Å². The smallest absolute Gasteiger partial charge is 0.221 e. The van der Waals surface area contributed by atoms with Crippen molar-refractivity contribution in [2.45, 2.75) is 25.8 Å². The normalized spacial score (nSPS) is 15.2. The fourth-order valence-corrected chi connectivity index (χ4v) is 2.42. The topological polar surface area (TPSA) is 74.5 Å². The molecule has 0 saturated carbocycles. The Morgan fingerprint density at radius 3 is 2.46 bits per heavy atom. The third-order valence-electron chi connectivity index (χ3n) is 3.74. The van der Waals surface area contributed by atoms with Crippen LogP contribution in [-0.2, 0) is 4.79 Å². The van der Waals surface area contributed by atoms with Gasteiger partial charge in [-0.3, -0.25) is 9.69 Å². The fraction of sp³-hybridized carbons (Fsp3) is 0.625. The number of pyridine rings is 1. The number of nitrogens with zero attached hydrogens (tertiary/aromatic N) is 3. The van der Waals surface area contributed by atoms with E-state index in [2.05, 4.69) is 20.1 Å². The van der Waals surface area contributed by atoms with Gasteiger partial charge in [-0.15, -0.1) is 24.8 Å². The number of nitrogens with two attached hydrogens (primary N) is 1. The van der Waals surface area contributed by atoms with Crippen molar-refractivity contribution in [1.29, 1.82) is 0 Å². The van der Waals surface area contributed by atoms with E-state index in [0.29, 0.717) is 13.0 Å². The summed E-state index contributed by atoms with van der Waals surface area (Å²) in [6.07, 6.45) is 2.35. The Labute approximate surface area is 157 Å². The molecule has 0 unspecified atom stereocenters. The predicted octanol–water partition coefficient (Wildman–Crippen LogP) is 1.29. The number of carbonyl (C=O) groups is 1. The maximum atomic E-state index is 11.8. The molecule has 1 aliphatic rings. The third kappa shape index (κ3) is 8.15. The summed E-state index contributed by atoms with van der Waals surface area (Å²) >= 11 is 0. The van der Waals surface area contributed by atoms with Gasteiger partial charge in [0.05, 0.1) is 0 Å². The van der Waals surface area contributed by atoms with E-state index >= 15 is 0 Å². The summed E-state index contributed by atoms with van der Waals surface area (Å²) in [4.78, 5) is 20.8. The fourth-order valence-electron chi connectivity index (χ4n) is 2.42.